The third-order valence-corrected chi connectivity index (χ3v) is 6.09. The second kappa shape index (κ2) is 3.76. The van der Waals surface area contributed by atoms with Crippen molar-refractivity contribution in [2.24, 2.45) is 16.7 Å². The standard InChI is InChI=1S/C15H23ClN4/c1-10(16)12-17-18-19-20(12)15-6-11-4-13(2,8-15)7-14(3,5-11)9-15/h10-11H,4-9H2,1-3H3. The quantitative estimate of drug-likeness (QED) is 0.782. The van der Waals surface area contributed by atoms with Gasteiger partial charge in [-0.2, -0.15) is 0 Å². The highest BCUT2D eigenvalue weighted by Crippen LogP contribution is 2.68. The van der Waals surface area contributed by atoms with Crippen LogP contribution >= 0.6 is 11.6 Å². The van der Waals surface area contributed by atoms with Gasteiger partial charge in [0.15, 0.2) is 5.82 Å². The van der Waals surface area contributed by atoms with Crippen LogP contribution in [0.1, 0.15) is 70.5 Å². The molecule has 0 N–H and O–H groups in total. The molecule has 5 rings (SSSR count). The molecule has 0 aliphatic heterocycles. The van der Waals surface area contributed by atoms with Gasteiger partial charge in [-0.25, -0.2) is 4.68 Å². The highest BCUT2D eigenvalue weighted by Gasteiger charge is 2.61. The largest absolute Gasteiger partial charge is 0.222 e. The normalized spacial score (nSPS) is 47.7. The van der Waals surface area contributed by atoms with Gasteiger partial charge >= 0.3 is 0 Å². The number of hydrogen-bond acceptors (Lipinski definition) is 3. The van der Waals surface area contributed by atoms with E-state index in [4.69, 9.17) is 11.6 Å². The summed E-state index contributed by atoms with van der Waals surface area (Å²) in [6, 6.07) is 0. The molecule has 1 heterocycles. The molecule has 0 radical (unpaired) electrons. The van der Waals surface area contributed by atoms with Crippen molar-refractivity contribution in [1.29, 1.82) is 0 Å². The summed E-state index contributed by atoms with van der Waals surface area (Å²) >= 11 is 6.30. The van der Waals surface area contributed by atoms with E-state index in [2.05, 4.69) is 34.1 Å². The summed E-state index contributed by atoms with van der Waals surface area (Å²) in [5.41, 5.74) is 1.05. The number of aromatic nitrogens is 4. The average molecular weight is 295 g/mol. The Kier molecular flexibility index (Phi) is 2.45. The Labute approximate surface area is 125 Å². The van der Waals surface area contributed by atoms with Gasteiger partial charge in [0.1, 0.15) is 0 Å². The van der Waals surface area contributed by atoms with Crippen LogP contribution in [0.15, 0.2) is 0 Å². The van der Waals surface area contributed by atoms with E-state index in [9.17, 15) is 0 Å². The first-order valence-corrected chi connectivity index (χ1v) is 8.20. The number of halogens is 1. The van der Waals surface area contributed by atoms with Crippen molar-refractivity contribution < 1.29 is 0 Å². The first-order valence-electron chi connectivity index (χ1n) is 7.76. The maximum absolute atomic E-state index is 6.30. The number of rotatable bonds is 2. The Morgan fingerprint density at radius 3 is 2.35 bits per heavy atom. The number of tetrazole rings is 1. The fourth-order valence-electron chi connectivity index (χ4n) is 6.40. The summed E-state index contributed by atoms with van der Waals surface area (Å²) in [5, 5.41) is 12.3. The second-order valence-corrected chi connectivity index (χ2v) is 9.07. The zero-order chi connectivity index (χ0) is 14.2. The molecule has 0 amide bonds. The van der Waals surface area contributed by atoms with Crippen molar-refractivity contribution in [2.75, 3.05) is 0 Å². The Morgan fingerprint density at radius 2 is 1.80 bits per heavy atom. The van der Waals surface area contributed by atoms with Crippen LogP contribution in [0.25, 0.3) is 0 Å². The van der Waals surface area contributed by atoms with Crippen molar-refractivity contribution in [3.8, 4) is 0 Å². The van der Waals surface area contributed by atoms with Crippen LogP contribution in [-0.4, -0.2) is 20.2 Å². The van der Waals surface area contributed by atoms with E-state index in [1.165, 1.54) is 38.5 Å². The number of alkyl halides is 1. The molecule has 4 saturated carbocycles. The van der Waals surface area contributed by atoms with Crippen molar-refractivity contribution in [3.05, 3.63) is 5.82 Å². The second-order valence-electron chi connectivity index (χ2n) is 8.42. The lowest BCUT2D eigenvalue weighted by molar-refractivity contribution is -0.141. The van der Waals surface area contributed by atoms with Crippen LogP contribution in [0.2, 0.25) is 0 Å². The maximum atomic E-state index is 6.30. The molecule has 4 nitrogen and oxygen atoms in total. The zero-order valence-corrected chi connectivity index (χ0v) is 13.3. The fourth-order valence-corrected chi connectivity index (χ4v) is 6.54. The third kappa shape index (κ3) is 1.69. The molecule has 110 valence electrons. The molecule has 4 aliphatic carbocycles. The summed E-state index contributed by atoms with van der Waals surface area (Å²) in [6.07, 6.45) is 7.81. The van der Waals surface area contributed by atoms with E-state index in [1.54, 1.807) is 0 Å². The predicted molar refractivity (Wildman–Crippen MR) is 77.5 cm³/mol. The minimum atomic E-state index is -0.126. The van der Waals surface area contributed by atoms with Gasteiger partial charge in [-0.1, -0.05) is 13.8 Å². The van der Waals surface area contributed by atoms with Crippen molar-refractivity contribution in [3.63, 3.8) is 0 Å². The van der Waals surface area contributed by atoms with Gasteiger partial charge in [-0.05, 0) is 72.6 Å². The van der Waals surface area contributed by atoms with Gasteiger partial charge in [0.05, 0.1) is 10.9 Å². The Bertz CT molecular complexity index is 534. The topological polar surface area (TPSA) is 43.6 Å². The Morgan fingerprint density at radius 1 is 1.15 bits per heavy atom. The molecule has 20 heavy (non-hydrogen) atoms. The van der Waals surface area contributed by atoms with Crippen molar-refractivity contribution in [2.45, 2.75) is 70.2 Å². The molecule has 1 aromatic rings. The summed E-state index contributed by atoms with van der Waals surface area (Å²) in [6.45, 7) is 6.91. The summed E-state index contributed by atoms with van der Waals surface area (Å²) in [7, 11) is 0. The Hall–Kier alpha value is -0.640. The summed E-state index contributed by atoms with van der Waals surface area (Å²) in [5.74, 6) is 1.68. The van der Waals surface area contributed by atoms with Crippen LogP contribution < -0.4 is 0 Å². The summed E-state index contributed by atoms with van der Waals surface area (Å²) < 4.78 is 2.10. The first kappa shape index (κ1) is 13.1. The van der Waals surface area contributed by atoms with E-state index < -0.39 is 0 Å². The van der Waals surface area contributed by atoms with Crippen molar-refractivity contribution in [1.82, 2.24) is 20.2 Å². The molecule has 0 spiro atoms. The van der Waals surface area contributed by atoms with Crippen LogP contribution in [-0.2, 0) is 5.54 Å². The predicted octanol–water partition coefficient (Wildman–Crippen LogP) is 3.68. The molecule has 5 heteroatoms. The van der Waals surface area contributed by atoms with Gasteiger partial charge < -0.3 is 0 Å². The van der Waals surface area contributed by atoms with E-state index in [0.717, 1.165) is 11.7 Å². The molecule has 3 unspecified atom stereocenters. The molecule has 4 fully saturated rings. The molecule has 4 aliphatic rings. The highest BCUT2D eigenvalue weighted by molar-refractivity contribution is 6.20. The monoisotopic (exact) mass is 294 g/mol. The third-order valence-electron chi connectivity index (χ3n) is 5.90. The maximum Gasteiger partial charge on any atom is 0.169 e. The molecule has 0 saturated heterocycles. The van der Waals surface area contributed by atoms with E-state index in [-0.39, 0.29) is 10.9 Å². The fraction of sp³-hybridized carbons (Fsp3) is 0.933. The molecular weight excluding hydrogens is 272 g/mol. The lowest BCUT2D eigenvalue weighted by Crippen LogP contribution is -2.59. The van der Waals surface area contributed by atoms with Crippen LogP contribution in [0.5, 0.6) is 0 Å². The van der Waals surface area contributed by atoms with E-state index in [1.807, 2.05) is 6.92 Å². The van der Waals surface area contributed by atoms with E-state index >= 15 is 0 Å². The van der Waals surface area contributed by atoms with Crippen LogP contribution in [0, 0.1) is 16.7 Å². The zero-order valence-electron chi connectivity index (χ0n) is 12.6. The molecule has 0 aromatic carbocycles. The van der Waals surface area contributed by atoms with Gasteiger partial charge in [0, 0.05) is 0 Å². The van der Waals surface area contributed by atoms with Crippen LogP contribution in [0.3, 0.4) is 0 Å². The minimum absolute atomic E-state index is 0.116. The molecule has 1 aromatic heterocycles. The van der Waals surface area contributed by atoms with Crippen LogP contribution in [0.4, 0.5) is 0 Å². The molecule has 4 bridgehead atoms. The number of nitrogens with zero attached hydrogens (tertiary/aromatic N) is 4. The van der Waals surface area contributed by atoms with Gasteiger partial charge in [0.2, 0.25) is 0 Å². The average Bonchev–Trinajstić information content (AvgIpc) is 2.72. The SMILES string of the molecule is CC(Cl)c1nnnn1C12CC3CC(C)(CC(C)(C3)C1)C2. The van der Waals surface area contributed by atoms with Gasteiger partial charge in [0.25, 0.3) is 0 Å². The van der Waals surface area contributed by atoms with Gasteiger partial charge in [-0.3, -0.25) is 0 Å². The van der Waals surface area contributed by atoms with Gasteiger partial charge in [-0.15, -0.1) is 16.7 Å². The Balaban J connectivity index is 1.83. The highest BCUT2D eigenvalue weighted by atomic mass is 35.5. The lowest BCUT2D eigenvalue weighted by atomic mass is 9.43. The minimum Gasteiger partial charge on any atom is -0.222 e. The smallest absolute Gasteiger partial charge is 0.169 e. The molecular formula is C15H23ClN4. The van der Waals surface area contributed by atoms with E-state index in [0.29, 0.717) is 10.8 Å². The molecule has 3 atom stereocenters. The lowest BCUT2D eigenvalue weighted by Gasteiger charge is -2.65. The first-order chi connectivity index (χ1) is 9.33. The van der Waals surface area contributed by atoms with Crippen molar-refractivity contribution >= 4 is 11.6 Å². The number of hydrogen-bond donors (Lipinski definition) is 0. The summed E-state index contributed by atoms with van der Waals surface area (Å²) in [4.78, 5) is 0.